The van der Waals surface area contributed by atoms with Crippen LogP contribution in [-0.2, 0) is 6.42 Å². The van der Waals surface area contributed by atoms with Crippen LogP contribution in [-0.4, -0.2) is 19.2 Å². The van der Waals surface area contributed by atoms with Crippen molar-refractivity contribution in [2.24, 2.45) is 0 Å². The fourth-order valence-electron chi connectivity index (χ4n) is 4.15. The van der Waals surface area contributed by atoms with Crippen molar-refractivity contribution in [3.63, 3.8) is 0 Å². The number of nitrogens with zero attached hydrogens (tertiary/aromatic N) is 4. The SMILES string of the molecule is CCc1cc(C(C)C)ccc1Nc1nc2ccnn2c2c1ccn2C(CC)CC. The summed E-state index contributed by atoms with van der Waals surface area (Å²) in [6.45, 7) is 11.2. The number of fused-ring (bicyclic) bond motifs is 3. The summed E-state index contributed by atoms with van der Waals surface area (Å²) >= 11 is 0. The molecule has 0 atom stereocenters. The summed E-state index contributed by atoms with van der Waals surface area (Å²) in [5.41, 5.74) is 5.79. The van der Waals surface area contributed by atoms with Gasteiger partial charge in [0.15, 0.2) is 5.65 Å². The van der Waals surface area contributed by atoms with Crippen molar-refractivity contribution in [3.05, 3.63) is 53.9 Å². The second-order valence-corrected chi connectivity index (χ2v) is 8.04. The molecule has 0 saturated heterocycles. The first-order valence-corrected chi connectivity index (χ1v) is 10.8. The van der Waals surface area contributed by atoms with Crippen molar-refractivity contribution < 1.29 is 0 Å². The Labute approximate surface area is 172 Å². The summed E-state index contributed by atoms with van der Waals surface area (Å²) < 4.78 is 4.31. The molecule has 1 N–H and O–H groups in total. The van der Waals surface area contributed by atoms with Gasteiger partial charge >= 0.3 is 0 Å². The van der Waals surface area contributed by atoms with E-state index in [2.05, 4.69) is 80.1 Å². The minimum Gasteiger partial charge on any atom is -0.339 e. The summed E-state index contributed by atoms with van der Waals surface area (Å²) in [7, 11) is 0. The lowest BCUT2D eigenvalue weighted by molar-refractivity contribution is 0.481. The lowest BCUT2D eigenvalue weighted by Gasteiger charge is -2.18. The van der Waals surface area contributed by atoms with Gasteiger partial charge in [-0.2, -0.15) is 9.61 Å². The number of hydrogen-bond acceptors (Lipinski definition) is 3. The van der Waals surface area contributed by atoms with Crippen LogP contribution in [0, 0.1) is 0 Å². The fraction of sp³-hybridized carbons (Fsp3) is 0.417. The highest BCUT2D eigenvalue weighted by Crippen LogP contribution is 2.32. The van der Waals surface area contributed by atoms with E-state index in [-0.39, 0.29) is 0 Å². The Morgan fingerprint density at radius 3 is 2.52 bits per heavy atom. The van der Waals surface area contributed by atoms with Gasteiger partial charge < -0.3 is 9.88 Å². The average Bonchev–Trinajstić information content (AvgIpc) is 3.36. The number of rotatable bonds is 7. The molecule has 3 heterocycles. The van der Waals surface area contributed by atoms with E-state index in [1.165, 1.54) is 11.1 Å². The van der Waals surface area contributed by atoms with Crippen LogP contribution in [0.5, 0.6) is 0 Å². The smallest absolute Gasteiger partial charge is 0.159 e. The molecule has 0 spiro atoms. The summed E-state index contributed by atoms with van der Waals surface area (Å²) in [6.07, 6.45) is 7.16. The zero-order valence-electron chi connectivity index (χ0n) is 18.1. The Morgan fingerprint density at radius 2 is 1.83 bits per heavy atom. The minimum atomic E-state index is 0.451. The van der Waals surface area contributed by atoms with E-state index in [4.69, 9.17) is 4.98 Å². The minimum absolute atomic E-state index is 0.451. The maximum atomic E-state index is 4.89. The van der Waals surface area contributed by atoms with Gasteiger partial charge in [0.05, 0.1) is 11.6 Å². The van der Waals surface area contributed by atoms with Crippen LogP contribution in [0.4, 0.5) is 11.5 Å². The monoisotopic (exact) mass is 389 g/mol. The molecule has 0 fully saturated rings. The van der Waals surface area contributed by atoms with E-state index in [1.807, 2.05) is 16.8 Å². The summed E-state index contributed by atoms with van der Waals surface area (Å²) in [5.74, 6) is 1.42. The first kappa shape index (κ1) is 19.5. The molecule has 0 bridgehead atoms. The van der Waals surface area contributed by atoms with Gasteiger partial charge in [-0.05, 0) is 48.4 Å². The first-order chi connectivity index (χ1) is 14.1. The van der Waals surface area contributed by atoms with Gasteiger partial charge in [-0.15, -0.1) is 0 Å². The molecule has 0 aliphatic heterocycles. The molecule has 1 aromatic carbocycles. The lowest BCUT2D eigenvalue weighted by Crippen LogP contribution is -2.09. The third kappa shape index (κ3) is 3.39. The van der Waals surface area contributed by atoms with Crippen LogP contribution in [0.2, 0.25) is 0 Å². The van der Waals surface area contributed by atoms with E-state index >= 15 is 0 Å². The summed E-state index contributed by atoms with van der Waals surface area (Å²) in [4.78, 5) is 4.89. The van der Waals surface area contributed by atoms with Gasteiger partial charge in [0.25, 0.3) is 0 Å². The summed E-state index contributed by atoms with van der Waals surface area (Å²) in [6, 6.07) is 11.3. The number of anilines is 2. The second-order valence-electron chi connectivity index (χ2n) is 8.04. The molecule has 4 rings (SSSR count). The first-order valence-electron chi connectivity index (χ1n) is 10.8. The zero-order chi connectivity index (χ0) is 20.5. The van der Waals surface area contributed by atoms with Crippen molar-refractivity contribution in [1.82, 2.24) is 19.2 Å². The molecule has 0 aliphatic rings. The quantitative estimate of drug-likeness (QED) is 0.394. The molecule has 5 heteroatoms. The van der Waals surface area contributed by atoms with E-state index in [1.54, 1.807) is 0 Å². The highest BCUT2D eigenvalue weighted by Gasteiger charge is 2.18. The normalized spacial score (nSPS) is 12.0. The molecule has 0 aliphatic carbocycles. The molecule has 29 heavy (non-hydrogen) atoms. The molecule has 4 aromatic rings. The molecule has 0 saturated carbocycles. The Morgan fingerprint density at radius 1 is 1.03 bits per heavy atom. The highest BCUT2D eigenvalue weighted by molar-refractivity contribution is 5.92. The Hall–Kier alpha value is -2.82. The molecule has 0 radical (unpaired) electrons. The van der Waals surface area contributed by atoms with E-state index < -0.39 is 0 Å². The van der Waals surface area contributed by atoms with Crippen LogP contribution >= 0.6 is 0 Å². The van der Waals surface area contributed by atoms with Crippen LogP contribution in [0.25, 0.3) is 16.7 Å². The zero-order valence-corrected chi connectivity index (χ0v) is 18.1. The van der Waals surface area contributed by atoms with Gasteiger partial charge in [-0.3, -0.25) is 0 Å². The molecular weight excluding hydrogens is 358 g/mol. The lowest BCUT2D eigenvalue weighted by atomic mass is 9.98. The Kier molecular flexibility index (Phi) is 5.31. The molecule has 0 amide bonds. The third-order valence-electron chi connectivity index (χ3n) is 5.96. The maximum absolute atomic E-state index is 4.89. The summed E-state index contributed by atoms with van der Waals surface area (Å²) in [5, 5.41) is 9.29. The standard InChI is InChI=1S/C24H31N5/c1-6-17-15-18(16(4)5)9-10-21(17)26-23-20-12-14-28(19(7-2)8-3)24(20)29-22(27-23)11-13-25-29/h9-16,19H,6-8H2,1-5H3,(H,26,27). The molecule has 0 unspecified atom stereocenters. The van der Waals surface area contributed by atoms with Gasteiger partial charge in [0.1, 0.15) is 11.5 Å². The largest absolute Gasteiger partial charge is 0.339 e. The number of nitrogens with one attached hydrogen (secondary N) is 1. The second kappa shape index (κ2) is 7.90. The van der Waals surface area contributed by atoms with E-state index in [0.29, 0.717) is 12.0 Å². The van der Waals surface area contributed by atoms with Gasteiger partial charge in [-0.1, -0.05) is 46.8 Å². The highest BCUT2D eigenvalue weighted by atomic mass is 15.3. The van der Waals surface area contributed by atoms with E-state index in [0.717, 1.165) is 47.4 Å². The van der Waals surface area contributed by atoms with Crippen molar-refractivity contribution in [3.8, 4) is 0 Å². The molecule has 152 valence electrons. The van der Waals surface area contributed by atoms with Gasteiger partial charge in [-0.25, -0.2) is 4.98 Å². The Bertz CT molecular complexity index is 1130. The third-order valence-corrected chi connectivity index (χ3v) is 5.96. The van der Waals surface area contributed by atoms with Crippen LogP contribution < -0.4 is 5.32 Å². The van der Waals surface area contributed by atoms with Crippen LogP contribution in [0.3, 0.4) is 0 Å². The molecule has 5 nitrogen and oxygen atoms in total. The van der Waals surface area contributed by atoms with Crippen molar-refractivity contribution in [2.45, 2.75) is 65.8 Å². The topological polar surface area (TPSA) is 47.1 Å². The van der Waals surface area contributed by atoms with Crippen LogP contribution in [0.15, 0.2) is 42.7 Å². The number of benzene rings is 1. The van der Waals surface area contributed by atoms with Crippen molar-refractivity contribution >= 4 is 28.2 Å². The molecule has 3 aromatic heterocycles. The predicted molar refractivity (Wildman–Crippen MR) is 121 cm³/mol. The Balaban J connectivity index is 1.86. The van der Waals surface area contributed by atoms with Crippen molar-refractivity contribution in [2.75, 3.05) is 5.32 Å². The predicted octanol–water partition coefficient (Wildman–Crippen LogP) is 6.47. The molecular formula is C24H31N5. The van der Waals surface area contributed by atoms with Crippen LogP contribution in [0.1, 0.15) is 70.5 Å². The van der Waals surface area contributed by atoms with Gasteiger partial charge in [0, 0.05) is 24.0 Å². The van der Waals surface area contributed by atoms with E-state index in [9.17, 15) is 0 Å². The maximum Gasteiger partial charge on any atom is 0.159 e. The number of aryl methyl sites for hydroxylation is 1. The van der Waals surface area contributed by atoms with Crippen molar-refractivity contribution in [1.29, 1.82) is 0 Å². The van der Waals surface area contributed by atoms with Gasteiger partial charge in [0.2, 0.25) is 0 Å². The average molecular weight is 390 g/mol. The number of aromatic nitrogens is 4. The number of hydrogen-bond donors (Lipinski definition) is 1. The fourth-order valence-corrected chi connectivity index (χ4v) is 4.15.